The number of nitrogens with one attached hydrogen (secondary N) is 2. The molecule has 6 nitrogen and oxygen atoms in total. The van der Waals surface area contributed by atoms with Gasteiger partial charge in [-0.1, -0.05) is 44.2 Å². The van der Waals surface area contributed by atoms with Gasteiger partial charge in [-0.2, -0.15) is 0 Å². The van der Waals surface area contributed by atoms with E-state index < -0.39 is 10.0 Å². The Morgan fingerprint density at radius 3 is 2.37 bits per heavy atom. The Balaban J connectivity index is 1.67. The van der Waals surface area contributed by atoms with Crippen LogP contribution >= 0.6 is 0 Å². The Hall–Kier alpha value is -2.22. The summed E-state index contributed by atoms with van der Waals surface area (Å²) in [6, 6.07) is 13.9. The molecular formula is C23H31N3O3S. The normalized spacial score (nSPS) is 14.3. The maximum absolute atomic E-state index is 12.7. The van der Waals surface area contributed by atoms with Crippen molar-refractivity contribution in [2.75, 3.05) is 18.9 Å². The minimum Gasteiger partial charge on any atom is -0.325 e. The third-order valence-corrected chi connectivity index (χ3v) is 7.03. The van der Waals surface area contributed by atoms with Crippen molar-refractivity contribution < 1.29 is 13.2 Å². The third-order valence-electron chi connectivity index (χ3n) is 5.47. The van der Waals surface area contributed by atoms with Gasteiger partial charge in [0.05, 0.1) is 11.4 Å². The molecular weight excluding hydrogens is 398 g/mol. The fraction of sp³-hybridized carbons (Fsp3) is 0.435. The molecule has 1 saturated carbocycles. The lowest BCUT2D eigenvalue weighted by molar-refractivity contribution is -0.117. The van der Waals surface area contributed by atoms with Crippen molar-refractivity contribution in [2.45, 2.75) is 57.0 Å². The maximum atomic E-state index is 12.7. The zero-order valence-electron chi connectivity index (χ0n) is 18.1. The van der Waals surface area contributed by atoms with Crippen molar-refractivity contribution in [2.24, 2.45) is 0 Å². The third kappa shape index (κ3) is 5.68. The molecule has 1 aliphatic rings. The quantitative estimate of drug-likeness (QED) is 0.638. The molecule has 0 atom stereocenters. The highest BCUT2D eigenvalue weighted by molar-refractivity contribution is 7.89. The molecule has 1 aliphatic carbocycles. The minimum atomic E-state index is -3.58. The van der Waals surface area contributed by atoms with E-state index in [9.17, 15) is 13.2 Å². The van der Waals surface area contributed by atoms with Gasteiger partial charge in [0.15, 0.2) is 0 Å². The van der Waals surface area contributed by atoms with Crippen LogP contribution in [0, 0.1) is 6.92 Å². The number of hydrogen-bond acceptors (Lipinski definition) is 4. The van der Waals surface area contributed by atoms with Crippen LogP contribution < -0.4 is 10.0 Å². The standard InChI is InChI=1S/C23H31N3O3S/c1-16(2)19-8-6-18(7-9-19)14-26(21-11-12-21)15-23(27)25-20-10-5-17(3)22(13-20)30(28,29)24-4/h5-10,13,16,21,24H,11-12,14-15H2,1-4H3,(H,25,27). The highest BCUT2D eigenvalue weighted by Crippen LogP contribution is 2.28. The van der Waals surface area contributed by atoms with Gasteiger partial charge in [0.25, 0.3) is 0 Å². The van der Waals surface area contributed by atoms with Gasteiger partial charge in [-0.3, -0.25) is 9.69 Å². The molecule has 0 aromatic heterocycles. The summed E-state index contributed by atoms with van der Waals surface area (Å²) in [7, 11) is -2.20. The Morgan fingerprint density at radius 1 is 1.13 bits per heavy atom. The van der Waals surface area contributed by atoms with Gasteiger partial charge >= 0.3 is 0 Å². The highest BCUT2D eigenvalue weighted by Gasteiger charge is 2.30. The number of carbonyl (C=O) groups is 1. The van der Waals surface area contributed by atoms with E-state index in [4.69, 9.17) is 0 Å². The second-order valence-electron chi connectivity index (χ2n) is 8.27. The molecule has 1 fully saturated rings. The SMILES string of the molecule is CNS(=O)(=O)c1cc(NC(=O)CN(Cc2ccc(C(C)C)cc2)C2CC2)ccc1C. The molecule has 162 valence electrons. The average Bonchev–Trinajstić information content (AvgIpc) is 3.54. The molecule has 3 rings (SSSR count). The van der Waals surface area contributed by atoms with E-state index >= 15 is 0 Å². The van der Waals surface area contributed by atoms with Crippen LogP contribution in [0.2, 0.25) is 0 Å². The van der Waals surface area contributed by atoms with Gasteiger partial charge in [0.1, 0.15) is 0 Å². The smallest absolute Gasteiger partial charge is 0.240 e. The van der Waals surface area contributed by atoms with E-state index in [-0.39, 0.29) is 17.3 Å². The Bertz CT molecular complexity index is 997. The van der Waals surface area contributed by atoms with Crippen LogP contribution in [0.1, 0.15) is 49.3 Å². The fourth-order valence-electron chi connectivity index (χ4n) is 3.46. The number of rotatable bonds is 9. The van der Waals surface area contributed by atoms with Crippen molar-refractivity contribution in [1.82, 2.24) is 9.62 Å². The number of nitrogens with zero attached hydrogens (tertiary/aromatic N) is 1. The van der Waals surface area contributed by atoms with Crippen molar-refractivity contribution in [3.8, 4) is 0 Å². The number of carbonyl (C=O) groups excluding carboxylic acids is 1. The molecule has 1 amide bonds. The van der Waals surface area contributed by atoms with Crippen LogP contribution in [0.3, 0.4) is 0 Å². The Morgan fingerprint density at radius 2 is 1.80 bits per heavy atom. The predicted octanol–water partition coefficient (Wildman–Crippen LogP) is 3.63. The molecule has 0 bridgehead atoms. The summed E-state index contributed by atoms with van der Waals surface area (Å²) in [6.45, 7) is 7.08. The minimum absolute atomic E-state index is 0.141. The molecule has 2 aromatic carbocycles. The van der Waals surface area contributed by atoms with Crippen molar-refractivity contribution >= 4 is 21.6 Å². The van der Waals surface area contributed by atoms with Gasteiger partial charge in [-0.15, -0.1) is 0 Å². The zero-order valence-corrected chi connectivity index (χ0v) is 18.9. The summed E-state index contributed by atoms with van der Waals surface area (Å²) in [5, 5.41) is 2.86. The molecule has 0 radical (unpaired) electrons. The van der Waals surface area contributed by atoms with Crippen molar-refractivity contribution in [1.29, 1.82) is 0 Å². The topological polar surface area (TPSA) is 78.5 Å². The molecule has 0 spiro atoms. The predicted molar refractivity (Wildman–Crippen MR) is 120 cm³/mol. The van der Waals surface area contributed by atoms with E-state index in [0.29, 0.717) is 23.2 Å². The van der Waals surface area contributed by atoms with E-state index in [1.807, 2.05) is 0 Å². The first-order chi connectivity index (χ1) is 14.2. The molecule has 7 heteroatoms. The first-order valence-corrected chi connectivity index (χ1v) is 11.8. The Labute approximate surface area is 179 Å². The fourth-order valence-corrected chi connectivity index (χ4v) is 4.45. The Kier molecular flexibility index (Phi) is 6.95. The van der Waals surface area contributed by atoms with Crippen LogP contribution in [0.4, 0.5) is 5.69 Å². The van der Waals surface area contributed by atoms with Gasteiger partial charge in [-0.05, 0) is 61.6 Å². The van der Waals surface area contributed by atoms with E-state index in [1.54, 1.807) is 19.1 Å². The average molecular weight is 430 g/mol. The van der Waals surface area contributed by atoms with Crippen LogP contribution in [0.15, 0.2) is 47.4 Å². The number of benzene rings is 2. The summed E-state index contributed by atoms with van der Waals surface area (Å²) in [5.41, 5.74) is 3.61. The first-order valence-electron chi connectivity index (χ1n) is 10.4. The maximum Gasteiger partial charge on any atom is 0.240 e. The summed E-state index contributed by atoms with van der Waals surface area (Å²) < 4.78 is 26.7. The first kappa shape index (κ1) is 22.5. The lowest BCUT2D eigenvalue weighted by Gasteiger charge is -2.22. The molecule has 0 heterocycles. The van der Waals surface area contributed by atoms with Crippen LogP contribution in [0.5, 0.6) is 0 Å². The van der Waals surface area contributed by atoms with Gasteiger partial charge in [-0.25, -0.2) is 13.1 Å². The molecule has 0 unspecified atom stereocenters. The second kappa shape index (κ2) is 9.29. The molecule has 30 heavy (non-hydrogen) atoms. The molecule has 2 N–H and O–H groups in total. The lowest BCUT2D eigenvalue weighted by Crippen LogP contribution is -2.34. The van der Waals surface area contributed by atoms with E-state index in [2.05, 4.69) is 53.1 Å². The van der Waals surface area contributed by atoms with Gasteiger partial charge in [0.2, 0.25) is 15.9 Å². The molecule has 2 aromatic rings. The summed E-state index contributed by atoms with van der Waals surface area (Å²) >= 11 is 0. The van der Waals surface area contributed by atoms with Crippen LogP contribution in [-0.4, -0.2) is 38.9 Å². The lowest BCUT2D eigenvalue weighted by atomic mass is 10.0. The van der Waals surface area contributed by atoms with Gasteiger partial charge in [0, 0.05) is 18.3 Å². The van der Waals surface area contributed by atoms with Crippen LogP contribution in [-0.2, 0) is 21.4 Å². The number of anilines is 1. The zero-order chi connectivity index (χ0) is 21.9. The van der Waals surface area contributed by atoms with Crippen molar-refractivity contribution in [3.63, 3.8) is 0 Å². The van der Waals surface area contributed by atoms with E-state index in [0.717, 1.165) is 19.4 Å². The van der Waals surface area contributed by atoms with E-state index in [1.165, 1.54) is 24.2 Å². The monoisotopic (exact) mass is 429 g/mol. The van der Waals surface area contributed by atoms with Crippen molar-refractivity contribution in [3.05, 3.63) is 59.2 Å². The largest absolute Gasteiger partial charge is 0.325 e. The number of aryl methyl sites for hydroxylation is 1. The van der Waals surface area contributed by atoms with Gasteiger partial charge < -0.3 is 5.32 Å². The summed E-state index contributed by atoms with van der Waals surface area (Å²) in [6.07, 6.45) is 2.21. The molecule has 0 aliphatic heterocycles. The number of amides is 1. The summed E-state index contributed by atoms with van der Waals surface area (Å²) in [5.74, 6) is 0.354. The highest BCUT2D eigenvalue weighted by atomic mass is 32.2. The second-order valence-corrected chi connectivity index (χ2v) is 10.1. The molecule has 0 saturated heterocycles. The van der Waals surface area contributed by atoms with Crippen LogP contribution in [0.25, 0.3) is 0 Å². The number of hydrogen-bond donors (Lipinski definition) is 2. The summed E-state index contributed by atoms with van der Waals surface area (Å²) in [4.78, 5) is 15.1. The number of sulfonamides is 1.